The van der Waals surface area contributed by atoms with Crippen LogP contribution in [-0.4, -0.2) is 21.2 Å². The fraction of sp³-hybridized carbons (Fsp3) is 0. The molecule has 3 aromatic rings. The van der Waals surface area contributed by atoms with Crippen LogP contribution in [0.3, 0.4) is 0 Å². The number of nitrogens with zero attached hydrogens (tertiary/aromatic N) is 2. The molecular formula is C15H9BrN2O3. The molecule has 0 radical (unpaired) electrons. The van der Waals surface area contributed by atoms with Crippen LogP contribution in [0.4, 0.5) is 0 Å². The number of hydrogen-bond donors (Lipinski definition) is 1. The first-order valence-corrected chi connectivity index (χ1v) is 6.86. The predicted octanol–water partition coefficient (Wildman–Crippen LogP) is 3.86. The highest BCUT2D eigenvalue weighted by atomic mass is 79.9. The zero-order valence-corrected chi connectivity index (χ0v) is 12.2. The van der Waals surface area contributed by atoms with Crippen LogP contribution in [0.2, 0.25) is 0 Å². The van der Waals surface area contributed by atoms with Gasteiger partial charge in [-0.3, -0.25) is 0 Å². The number of carbonyl (C=O) groups is 1. The number of aromatic carboxylic acids is 1. The Balaban J connectivity index is 1.98. The molecule has 0 spiro atoms. The van der Waals surface area contributed by atoms with Crippen LogP contribution in [0.5, 0.6) is 0 Å². The number of carboxylic acids is 1. The first-order chi connectivity index (χ1) is 10.1. The van der Waals surface area contributed by atoms with Crippen molar-refractivity contribution in [1.29, 1.82) is 0 Å². The topological polar surface area (TPSA) is 76.2 Å². The quantitative estimate of drug-likeness (QED) is 0.780. The average Bonchev–Trinajstić information content (AvgIpc) is 2.97. The molecule has 0 aliphatic carbocycles. The summed E-state index contributed by atoms with van der Waals surface area (Å²) in [7, 11) is 0. The summed E-state index contributed by atoms with van der Waals surface area (Å²) in [6.07, 6.45) is 0. The van der Waals surface area contributed by atoms with Crippen LogP contribution in [0.25, 0.3) is 22.8 Å². The second kappa shape index (κ2) is 5.49. The van der Waals surface area contributed by atoms with Gasteiger partial charge in [-0.15, -0.1) is 0 Å². The molecule has 6 heteroatoms. The number of rotatable bonds is 3. The highest BCUT2D eigenvalue weighted by Gasteiger charge is 2.12. The Kier molecular flexibility index (Phi) is 3.53. The van der Waals surface area contributed by atoms with E-state index in [1.54, 1.807) is 12.1 Å². The maximum atomic E-state index is 11.0. The minimum absolute atomic E-state index is 0.182. The van der Waals surface area contributed by atoms with Crippen molar-refractivity contribution in [2.75, 3.05) is 0 Å². The van der Waals surface area contributed by atoms with Crippen LogP contribution in [0.15, 0.2) is 57.5 Å². The van der Waals surface area contributed by atoms with E-state index >= 15 is 0 Å². The largest absolute Gasteiger partial charge is 0.478 e. The lowest BCUT2D eigenvalue weighted by Crippen LogP contribution is -1.96. The molecule has 1 heterocycles. The van der Waals surface area contributed by atoms with Crippen molar-refractivity contribution < 1.29 is 14.4 Å². The molecular weight excluding hydrogens is 336 g/mol. The van der Waals surface area contributed by atoms with Crippen molar-refractivity contribution >= 4 is 21.9 Å². The first-order valence-electron chi connectivity index (χ1n) is 6.07. The zero-order chi connectivity index (χ0) is 14.8. The number of carboxylic acid groups (broad SMARTS) is 1. The second-order valence-corrected chi connectivity index (χ2v) is 5.24. The lowest BCUT2D eigenvalue weighted by atomic mass is 10.1. The van der Waals surface area contributed by atoms with Gasteiger partial charge in [-0.1, -0.05) is 39.3 Å². The number of benzene rings is 2. The van der Waals surface area contributed by atoms with Crippen molar-refractivity contribution in [2.24, 2.45) is 0 Å². The van der Waals surface area contributed by atoms with Crippen LogP contribution in [-0.2, 0) is 0 Å². The summed E-state index contributed by atoms with van der Waals surface area (Å²) in [5, 5.41) is 12.9. The Bertz CT molecular complexity index is 814. The van der Waals surface area contributed by atoms with Gasteiger partial charge in [-0.2, -0.15) is 4.98 Å². The predicted molar refractivity (Wildman–Crippen MR) is 79.8 cm³/mol. The van der Waals surface area contributed by atoms with Crippen LogP contribution >= 0.6 is 15.9 Å². The van der Waals surface area contributed by atoms with E-state index in [0.29, 0.717) is 17.3 Å². The lowest BCUT2D eigenvalue weighted by molar-refractivity contribution is 0.0697. The molecule has 1 N–H and O–H groups in total. The SMILES string of the molecule is O=C(O)c1cccc(-c2noc(-c3cccc(Br)c3)n2)c1. The van der Waals surface area contributed by atoms with Gasteiger partial charge in [0.15, 0.2) is 0 Å². The molecule has 0 saturated heterocycles. The summed E-state index contributed by atoms with van der Waals surface area (Å²) in [5.74, 6) is -0.257. The summed E-state index contributed by atoms with van der Waals surface area (Å²) in [5.41, 5.74) is 1.57. The van der Waals surface area contributed by atoms with E-state index in [2.05, 4.69) is 26.1 Å². The van der Waals surface area contributed by atoms with E-state index < -0.39 is 5.97 Å². The molecule has 2 aromatic carbocycles. The highest BCUT2D eigenvalue weighted by Crippen LogP contribution is 2.24. The molecule has 1 aromatic heterocycles. The molecule has 104 valence electrons. The van der Waals surface area contributed by atoms with E-state index in [1.807, 2.05) is 24.3 Å². The summed E-state index contributed by atoms with van der Waals surface area (Å²) >= 11 is 3.38. The Morgan fingerprint density at radius 3 is 2.62 bits per heavy atom. The van der Waals surface area contributed by atoms with E-state index in [9.17, 15) is 4.79 Å². The van der Waals surface area contributed by atoms with E-state index in [4.69, 9.17) is 9.63 Å². The zero-order valence-electron chi connectivity index (χ0n) is 10.7. The average molecular weight is 345 g/mol. The molecule has 0 bridgehead atoms. The summed E-state index contributed by atoms with van der Waals surface area (Å²) in [4.78, 5) is 15.3. The van der Waals surface area contributed by atoms with Gasteiger partial charge in [-0.05, 0) is 30.3 Å². The van der Waals surface area contributed by atoms with Gasteiger partial charge in [0.25, 0.3) is 5.89 Å². The van der Waals surface area contributed by atoms with Crippen LogP contribution in [0, 0.1) is 0 Å². The fourth-order valence-corrected chi connectivity index (χ4v) is 2.27. The smallest absolute Gasteiger partial charge is 0.335 e. The number of aromatic nitrogens is 2. The van der Waals surface area contributed by atoms with Crippen molar-refractivity contribution in [2.45, 2.75) is 0 Å². The van der Waals surface area contributed by atoms with Gasteiger partial charge in [0, 0.05) is 15.6 Å². The lowest BCUT2D eigenvalue weighted by Gasteiger charge is -1.97. The van der Waals surface area contributed by atoms with Crippen LogP contribution in [0.1, 0.15) is 10.4 Å². The highest BCUT2D eigenvalue weighted by molar-refractivity contribution is 9.10. The van der Waals surface area contributed by atoms with Gasteiger partial charge in [0.1, 0.15) is 0 Å². The molecule has 21 heavy (non-hydrogen) atoms. The summed E-state index contributed by atoms with van der Waals surface area (Å²) in [6.45, 7) is 0. The minimum Gasteiger partial charge on any atom is -0.478 e. The van der Waals surface area contributed by atoms with Crippen LogP contribution < -0.4 is 0 Å². The number of hydrogen-bond acceptors (Lipinski definition) is 4. The first kappa shape index (κ1) is 13.5. The van der Waals surface area contributed by atoms with Crippen molar-refractivity contribution in [3.63, 3.8) is 0 Å². The fourth-order valence-electron chi connectivity index (χ4n) is 1.87. The van der Waals surface area contributed by atoms with Gasteiger partial charge in [0.2, 0.25) is 5.82 Å². The van der Waals surface area contributed by atoms with Crippen molar-refractivity contribution in [3.05, 3.63) is 58.6 Å². The Labute approximate surface area is 128 Å². The van der Waals surface area contributed by atoms with E-state index in [0.717, 1.165) is 10.0 Å². The van der Waals surface area contributed by atoms with E-state index in [-0.39, 0.29) is 5.56 Å². The third-order valence-corrected chi connectivity index (χ3v) is 3.36. The van der Waals surface area contributed by atoms with Crippen molar-refractivity contribution in [3.8, 4) is 22.8 Å². The summed E-state index contributed by atoms with van der Waals surface area (Å²) < 4.78 is 6.14. The molecule has 0 aliphatic rings. The molecule has 0 amide bonds. The Morgan fingerprint density at radius 2 is 1.86 bits per heavy atom. The van der Waals surface area contributed by atoms with Gasteiger partial charge in [0.05, 0.1) is 5.56 Å². The molecule has 0 aliphatic heterocycles. The molecule has 0 fully saturated rings. The van der Waals surface area contributed by atoms with Crippen molar-refractivity contribution in [1.82, 2.24) is 10.1 Å². The third kappa shape index (κ3) is 2.85. The minimum atomic E-state index is -0.993. The van der Waals surface area contributed by atoms with Gasteiger partial charge in [-0.25, -0.2) is 4.79 Å². The Hall–Kier alpha value is -2.47. The van der Waals surface area contributed by atoms with Gasteiger partial charge < -0.3 is 9.63 Å². The standard InChI is InChI=1S/C15H9BrN2O3/c16-12-6-2-4-10(8-12)14-17-13(18-21-14)9-3-1-5-11(7-9)15(19)20/h1-8H,(H,19,20). The molecule has 0 atom stereocenters. The molecule has 0 saturated carbocycles. The van der Waals surface area contributed by atoms with Gasteiger partial charge >= 0.3 is 5.97 Å². The normalized spacial score (nSPS) is 10.5. The summed E-state index contributed by atoms with van der Waals surface area (Å²) in [6, 6.07) is 13.9. The molecule has 0 unspecified atom stereocenters. The Morgan fingerprint density at radius 1 is 1.10 bits per heavy atom. The maximum Gasteiger partial charge on any atom is 0.335 e. The second-order valence-electron chi connectivity index (χ2n) is 4.32. The maximum absolute atomic E-state index is 11.0. The number of halogens is 1. The van der Waals surface area contributed by atoms with E-state index in [1.165, 1.54) is 12.1 Å². The molecule has 5 nitrogen and oxygen atoms in total. The third-order valence-electron chi connectivity index (χ3n) is 2.87. The molecule has 3 rings (SSSR count). The monoisotopic (exact) mass is 344 g/mol.